The van der Waals surface area contributed by atoms with E-state index in [0.717, 1.165) is 12.1 Å². The Balaban J connectivity index is 2.93. The van der Waals surface area contributed by atoms with E-state index >= 15 is 0 Å². The Morgan fingerprint density at radius 2 is 1.75 bits per heavy atom. The number of allylic oxidation sites excluding steroid dienone is 1. The van der Waals surface area contributed by atoms with E-state index in [1.54, 1.807) is 0 Å². The van der Waals surface area contributed by atoms with E-state index in [4.69, 9.17) is 5.73 Å². The standard InChI is InChI=1S/C11H15N/c1-8-4-9(2)6-11(5-8)7-10(3)12/h4-6H,3,7,12H2,1-2H3. The molecule has 0 heterocycles. The Hall–Kier alpha value is -1.24. The quantitative estimate of drug-likeness (QED) is 0.707. The van der Waals surface area contributed by atoms with Crippen LogP contribution in [0.1, 0.15) is 16.7 Å². The highest BCUT2D eigenvalue weighted by molar-refractivity contribution is 5.30. The van der Waals surface area contributed by atoms with Gasteiger partial charge in [0.25, 0.3) is 0 Å². The second-order valence-electron chi connectivity index (χ2n) is 3.33. The predicted octanol–water partition coefficient (Wildman–Crippen LogP) is 2.32. The summed E-state index contributed by atoms with van der Waals surface area (Å²) in [5.74, 6) is 0. The van der Waals surface area contributed by atoms with Crippen molar-refractivity contribution in [1.29, 1.82) is 0 Å². The van der Waals surface area contributed by atoms with E-state index in [1.807, 2.05) is 0 Å². The van der Waals surface area contributed by atoms with Crippen molar-refractivity contribution in [2.45, 2.75) is 20.3 Å². The molecule has 0 saturated heterocycles. The smallest absolute Gasteiger partial charge is 0.0115 e. The molecular formula is C11H15N. The molecule has 64 valence electrons. The highest BCUT2D eigenvalue weighted by atomic mass is 14.6. The maximum atomic E-state index is 5.53. The normalized spacial score (nSPS) is 9.83. The van der Waals surface area contributed by atoms with Crippen LogP contribution in [0, 0.1) is 13.8 Å². The Morgan fingerprint density at radius 1 is 1.25 bits per heavy atom. The molecule has 0 aliphatic heterocycles. The average Bonchev–Trinajstić information content (AvgIpc) is 1.81. The third-order valence-corrected chi connectivity index (χ3v) is 1.71. The molecule has 0 spiro atoms. The topological polar surface area (TPSA) is 26.0 Å². The molecule has 0 amide bonds. The number of hydrogen-bond donors (Lipinski definition) is 1. The first-order valence-electron chi connectivity index (χ1n) is 4.08. The molecule has 0 atom stereocenters. The van der Waals surface area contributed by atoms with Gasteiger partial charge >= 0.3 is 0 Å². The molecule has 1 rings (SSSR count). The van der Waals surface area contributed by atoms with Crippen LogP contribution in [-0.4, -0.2) is 0 Å². The minimum atomic E-state index is 0.722. The summed E-state index contributed by atoms with van der Waals surface area (Å²) in [6.45, 7) is 7.87. The summed E-state index contributed by atoms with van der Waals surface area (Å²) in [6.07, 6.45) is 0.780. The summed E-state index contributed by atoms with van der Waals surface area (Å²) in [6, 6.07) is 6.44. The van der Waals surface area contributed by atoms with Crippen molar-refractivity contribution in [3.05, 3.63) is 47.2 Å². The van der Waals surface area contributed by atoms with Gasteiger partial charge in [0.15, 0.2) is 0 Å². The lowest BCUT2D eigenvalue weighted by molar-refractivity contribution is 1.11. The highest BCUT2D eigenvalue weighted by Gasteiger charge is 1.95. The van der Waals surface area contributed by atoms with Crippen LogP contribution in [0.25, 0.3) is 0 Å². The van der Waals surface area contributed by atoms with Crippen molar-refractivity contribution < 1.29 is 0 Å². The molecule has 0 bridgehead atoms. The van der Waals surface area contributed by atoms with Gasteiger partial charge in [0.05, 0.1) is 0 Å². The first-order valence-corrected chi connectivity index (χ1v) is 4.08. The fourth-order valence-corrected chi connectivity index (χ4v) is 1.43. The van der Waals surface area contributed by atoms with Crippen molar-refractivity contribution in [3.63, 3.8) is 0 Å². The number of aryl methyl sites for hydroxylation is 2. The Bertz CT molecular complexity index is 280. The molecule has 0 fully saturated rings. The summed E-state index contributed by atoms with van der Waals surface area (Å²) >= 11 is 0. The maximum Gasteiger partial charge on any atom is 0.0115 e. The molecule has 0 aliphatic carbocycles. The van der Waals surface area contributed by atoms with Gasteiger partial charge in [-0.2, -0.15) is 0 Å². The molecule has 0 unspecified atom stereocenters. The lowest BCUT2D eigenvalue weighted by Crippen LogP contribution is -1.99. The van der Waals surface area contributed by atoms with Gasteiger partial charge in [-0.3, -0.25) is 0 Å². The number of hydrogen-bond acceptors (Lipinski definition) is 1. The molecular weight excluding hydrogens is 146 g/mol. The maximum absolute atomic E-state index is 5.53. The first kappa shape index (κ1) is 8.85. The third-order valence-electron chi connectivity index (χ3n) is 1.71. The molecule has 0 saturated carbocycles. The van der Waals surface area contributed by atoms with Crippen LogP contribution in [-0.2, 0) is 6.42 Å². The van der Waals surface area contributed by atoms with E-state index in [0.29, 0.717) is 0 Å². The summed E-state index contributed by atoms with van der Waals surface area (Å²) < 4.78 is 0. The monoisotopic (exact) mass is 161 g/mol. The fraction of sp³-hybridized carbons (Fsp3) is 0.273. The zero-order valence-corrected chi connectivity index (χ0v) is 7.72. The molecule has 2 N–H and O–H groups in total. The van der Waals surface area contributed by atoms with Crippen molar-refractivity contribution in [2.24, 2.45) is 5.73 Å². The number of nitrogens with two attached hydrogens (primary N) is 1. The highest BCUT2D eigenvalue weighted by Crippen LogP contribution is 2.10. The van der Waals surface area contributed by atoms with Gasteiger partial charge in [0, 0.05) is 12.1 Å². The zero-order valence-electron chi connectivity index (χ0n) is 7.72. The molecule has 1 aromatic rings. The van der Waals surface area contributed by atoms with Gasteiger partial charge in [-0.05, 0) is 19.4 Å². The van der Waals surface area contributed by atoms with Gasteiger partial charge in [-0.15, -0.1) is 0 Å². The summed E-state index contributed by atoms with van der Waals surface area (Å²) in [4.78, 5) is 0. The van der Waals surface area contributed by atoms with Gasteiger partial charge in [-0.25, -0.2) is 0 Å². The Labute approximate surface area is 73.9 Å². The van der Waals surface area contributed by atoms with Crippen molar-refractivity contribution in [1.82, 2.24) is 0 Å². The molecule has 1 heteroatoms. The molecule has 0 aromatic heterocycles. The minimum absolute atomic E-state index is 0.722. The van der Waals surface area contributed by atoms with Crippen molar-refractivity contribution >= 4 is 0 Å². The fourth-order valence-electron chi connectivity index (χ4n) is 1.43. The van der Waals surface area contributed by atoms with Crippen LogP contribution in [0.5, 0.6) is 0 Å². The molecule has 12 heavy (non-hydrogen) atoms. The first-order chi connectivity index (χ1) is 5.58. The molecule has 1 nitrogen and oxygen atoms in total. The third kappa shape index (κ3) is 2.42. The predicted molar refractivity (Wildman–Crippen MR) is 52.9 cm³/mol. The van der Waals surface area contributed by atoms with Gasteiger partial charge in [-0.1, -0.05) is 35.9 Å². The van der Waals surface area contributed by atoms with E-state index in [2.05, 4.69) is 38.6 Å². The van der Waals surface area contributed by atoms with Crippen LogP contribution in [0.4, 0.5) is 0 Å². The van der Waals surface area contributed by atoms with Gasteiger partial charge < -0.3 is 5.73 Å². The summed E-state index contributed by atoms with van der Waals surface area (Å²) in [5.41, 5.74) is 10.1. The zero-order chi connectivity index (χ0) is 9.14. The lowest BCUT2D eigenvalue weighted by atomic mass is 10.0. The molecule has 0 radical (unpaired) electrons. The van der Waals surface area contributed by atoms with Crippen LogP contribution >= 0.6 is 0 Å². The Kier molecular flexibility index (Phi) is 2.54. The van der Waals surface area contributed by atoms with Crippen LogP contribution in [0.15, 0.2) is 30.5 Å². The molecule has 0 aliphatic rings. The van der Waals surface area contributed by atoms with E-state index in [1.165, 1.54) is 16.7 Å². The SMILES string of the molecule is C=C(N)Cc1cc(C)cc(C)c1. The van der Waals surface area contributed by atoms with E-state index in [-0.39, 0.29) is 0 Å². The summed E-state index contributed by atoms with van der Waals surface area (Å²) in [7, 11) is 0. The minimum Gasteiger partial charge on any atom is -0.402 e. The van der Waals surface area contributed by atoms with Gasteiger partial charge in [0.2, 0.25) is 0 Å². The van der Waals surface area contributed by atoms with Gasteiger partial charge in [0.1, 0.15) is 0 Å². The van der Waals surface area contributed by atoms with Crippen LogP contribution in [0.3, 0.4) is 0 Å². The van der Waals surface area contributed by atoms with Crippen molar-refractivity contribution in [2.75, 3.05) is 0 Å². The van der Waals surface area contributed by atoms with E-state index in [9.17, 15) is 0 Å². The average molecular weight is 161 g/mol. The largest absolute Gasteiger partial charge is 0.402 e. The second kappa shape index (κ2) is 3.44. The van der Waals surface area contributed by atoms with E-state index < -0.39 is 0 Å². The number of benzene rings is 1. The molecule has 1 aromatic carbocycles. The van der Waals surface area contributed by atoms with Crippen molar-refractivity contribution in [3.8, 4) is 0 Å². The Morgan fingerprint density at radius 3 is 2.17 bits per heavy atom. The second-order valence-corrected chi connectivity index (χ2v) is 3.33. The summed E-state index contributed by atoms with van der Waals surface area (Å²) in [5, 5.41) is 0. The number of rotatable bonds is 2. The van der Waals surface area contributed by atoms with Crippen LogP contribution in [0.2, 0.25) is 0 Å². The lowest BCUT2D eigenvalue weighted by Gasteiger charge is -2.03. The van der Waals surface area contributed by atoms with Crippen LogP contribution < -0.4 is 5.73 Å².